The van der Waals surface area contributed by atoms with E-state index in [4.69, 9.17) is 15.0 Å². The van der Waals surface area contributed by atoms with Crippen molar-refractivity contribution < 1.29 is 0 Å². The third-order valence-corrected chi connectivity index (χ3v) is 11.2. The highest BCUT2D eigenvalue weighted by Gasteiger charge is 2.28. The summed E-state index contributed by atoms with van der Waals surface area (Å²) in [4.78, 5) is 20.1. The van der Waals surface area contributed by atoms with Gasteiger partial charge in [-0.15, -0.1) is 0 Å². The molecular formula is C50H30N6. The lowest BCUT2D eigenvalue weighted by Crippen LogP contribution is -2.07. The van der Waals surface area contributed by atoms with Crippen molar-refractivity contribution >= 4 is 43.6 Å². The Morgan fingerprint density at radius 1 is 0.339 bits per heavy atom. The summed E-state index contributed by atoms with van der Waals surface area (Å²) in [5.74, 6) is 1.78. The van der Waals surface area contributed by atoms with Gasteiger partial charge in [0.05, 0.1) is 27.8 Å². The molecule has 1 aliphatic heterocycles. The van der Waals surface area contributed by atoms with Crippen LogP contribution in [0.1, 0.15) is 0 Å². The van der Waals surface area contributed by atoms with Gasteiger partial charge in [-0.2, -0.15) is 9.97 Å². The zero-order valence-electron chi connectivity index (χ0n) is 30.0. The summed E-state index contributed by atoms with van der Waals surface area (Å²) < 4.78 is 4.75. The van der Waals surface area contributed by atoms with Crippen LogP contribution in [0.15, 0.2) is 182 Å². The van der Waals surface area contributed by atoms with E-state index in [9.17, 15) is 0 Å². The summed E-state index contributed by atoms with van der Waals surface area (Å²) in [7, 11) is 0. The quantitative estimate of drug-likeness (QED) is 0.182. The van der Waals surface area contributed by atoms with Crippen LogP contribution in [-0.4, -0.2) is 29.1 Å². The maximum atomic E-state index is 5.34. The molecule has 0 saturated heterocycles. The van der Waals surface area contributed by atoms with Crippen molar-refractivity contribution in [3.63, 3.8) is 0 Å². The molecule has 6 nitrogen and oxygen atoms in total. The average molecular weight is 715 g/mol. The Kier molecular flexibility index (Phi) is 6.53. The van der Waals surface area contributed by atoms with Crippen LogP contribution in [-0.2, 0) is 0 Å². The Balaban J connectivity index is 1.21. The van der Waals surface area contributed by atoms with Crippen molar-refractivity contribution in [2.75, 3.05) is 0 Å². The van der Waals surface area contributed by atoms with Crippen LogP contribution in [0.5, 0.6) is 0 Å². The van der Waals surface area contributed by atoms with Crippen molar-refractivity contribution in [3.8, 4) is 67.8 Å². The van der Waals surface area contributed by atoms with Crippen molar-refractivity contribution in [1.82, 2.24) is 29.1 Å². The number of para-hydroxylation sites is 3. The minimum absolute atomic E-state index is 0.562. The van der Waals surface area contributed by atoms with Gasteiger partial charge in [0.1, 0.15) is 0 Å². The third-order valence-electron chi connectivity index (χ3n) is 11.2. The summed E-state index contributed by atoms with van der Waals surface area (Å²) >= 11 is 0. The summed E-state index contributed by atoms with van der Waals surface area (Å²) in [6.07, 6.45) is 3.68. The normalized spacial score (nSPS) is 11.9. The Morgan fingerprint density at radius 2 is 0.911 bits per heavy atom. The maximum Gasteiger partial charge on any atom is 0.238 e. The molecule has 0 fully saturated rings. The van der Waals surface area contributed by atoms with Crippen LogP contribution in [0.4, 0.5) is 0 Å². The predicted octanol–water partition coefficient (Wildman–Crippen LogP) is 12.1. The van der Waals surface area contributed by atoms with Gasteiger partial charge in [0.15, 0.2) is 11.6 Å². The number of rotatable bonds is 4. The number of hydrogen-bond acceptors (Lipinski definition) is 4. The number of fused-ring (bicyclic) bond motifs is 12. The molecule has 5 heterocycles. The molecule has 4 aromatic heterocycles. The van der Waals surface area contributed by atoms with E-state index in [1.54, 1.807) is 6.20 Å². The molecule has 6 heteroatoms. The first-order valence-corrected chi connectivity index (χ1v) is 18.8. The van der Waals surface area contributed by atoms with Gasteiger partial charge < -0.3 is 4.57 Å². The standard InChI is InChI=1S/C50H30N6/c1-2-12-32(13-3-1)48-52-49(33-25-23-31(24-26-33)34-14-11-29-51-30-34)54-50(53-48)56-44-22-9-7-18-38(44)41-27-28-42-40-20-10-19-39-36-16-5-4-15-35(36)37-17-6-8-21-43(37)55(45(39)40)46(42)47(41)56/h1-30H. The molecule has 0 aliphatic carbocycles. The molecule has 56 heavy (non-hydrogen) atoms. The van der Waals surface area contributed by atoms with Gasteiger partial charge in [0.2, 0.25) is 5.95 Å². The van der Waals surface area contributed by atoms with Gasteiger partial charge in [-0.3, -0.25) is 9.55 Å². The lowest BCUT2D eigenvalue weighted by Gasteiger charge is -2.15. The highest BCUT2D eigenvalue weighted by molar-refractivity contribution is 6.26. The summed E-state index contributed by atoms with van der Waals surface area (Å²) in [5, 5.41) is 4.66. The molecule has 0 atom stereocenters. The number of hydrogen-bond donors (Lipinski definition) is 0. The minimum Gasteiger partial charge on any atom is -0.306 e. The molecule has 12 rings (SSSR count). The monoisotopic (exact) mass is 714 g/mol. The van der Waals surface area contributed by atoms with Gasteiger partial charge in [-0.1, -0.05) is 152 Å². The fourth-order valence-corrected chi connectivity index (χ4v) is 8.77. The largest absolute Gasteiger partial charge is 0.306 e. The lowest BCUT2D eigenvalue weighted by atomic mass is 9.94. The molecule has 0 amide bonds. The second-order valence-electron chi connectivity index (χ2n) is 14.3. The van der Waals surface area contributed by atoms with Gasteiger partial charge in [-0.05, 0) is 40.5 Å². The van der Waals surface area contributed by atoms with E-state index in [0.717, 1.165) is 55.3 Å². The van der Waals surface area contributed by atoms with Crippen molar-refractivity contribution in [1.29, 1.82) is 0 Å². The number of benzene rings is 7. The molecule has 260 valence electrons. The number of aromatic nitrogens is 6. The van der Waals surface area contributed by atoms with Crippen molar-refractivity contribution in [2.24, 2.45) is 0 Å². The molecule has 1 aliphatic rings. The zero-order chi connectivity index (χ0) is 36.7. The van der Waals surface area contributed by atoms with Crippen LogP contribution in [0.2, 0.25) is 0 Å². The SMILES string of the molecule is c1ccc(-c2nc(-c3ccc(-c4cccnc4)cc3)nc(-n3c4ccccc4c4ccc5c6cccc7c6n(c5c43)-c3ccccc3-c3ccccc3-7)n2)cc1. The molecule has 0 unspecified atom stereocenters. The van der Waals surface area contributed by atoms with Gasteiger partial charge in [0, 0.05) is 56.2 Å². The molecule has 0 radical (unpaired) electrons. The van der Waals surface area contributed by atoms with Crippen LogP contribution >= 0.6 is 0 Å². The molecule has 7 aromatic carbocycles. The molecule has 0 spiro atoms. The smallest absolute Gasteiger partial charge is 0.238 e. The summed E-state index contributed by atoms with van der Waals surface area (Å²) in [6.45, 7) is 0. The second kappa shape index (κ2) is 11.9. The Labute approximate surface area is 321 Å². The lowest BCUT2D eigenvalue weighted by molar-refractivity contribution is 0.953. The maximum absolute atomic E-state index is 5.34. The van der Waals surface area contributed by atoms with Crippen LogP contribution in [0.25, 0.3) is 111 Å². The molecular weight excluding hydrogens is 685 g/mol. The molecule has 0 saturated carbocycles. The van der Waals surface area contributed by atoms with Crippen LogP contribution in [0, 0.1) is 0 Å². The fourth-order valence-electron chi connectivity index (χ4n) is 8.77. The highest BCUT2D eigenvalue weighted by Crippen LogP contribution is 2.49. The fraction of sp³-hybridized carbons (Fsp3) is 0. The Morgan fingerprint density at radius 3 is 1.70 bits per heavy atom. The van der Waals surface area contributed by atoms with Gasteiger partial charge >= 0.3 is 0 Å². The van der Waals surface area contributed by atoms with Crippen LogP contribution < -0.4 is 0 Å². The van der Waals surface area contributed by atoms with E-state index < -0.39 is 0 Å². The minimum atomic E-state index is 0.562. The van der Waals surface area contributed by atoms with Crippen molar-refractivity contribution in [3.05, 3.63) is 182 Å². The predicted molar refractivity (Wildman–Crippen MR) is 227 cm³/mol. The molecule has 0 bridgehead atoms. The number of nitrogens with zero attached hydrogens (tertiary/aromatic N) is 6. The summed E-state index contributed by atoms with van der Waals surface area (Å²) in [5.41, 5.74) is 14.4. The van der Waals surface area contributed by atoms with E-state index in [0.29, 0.717) is 17.6 Å². The average Bonchev–Trinajstić information content (AvgIpc) is 3.76. The first kappa shape index (κ1) is 30.7. The van der Waals surface area contributed by atoms with E-state index in [2.05, 4.69) is 160 Å². The van der Waals surface area contributed by atoms with E-state index >= 15 is 0 Å². The summed E-state index contributed by atoms with van der Waals surface area (Å²) in [6, 6.07) is 60.0. The van der Waals surface area contributed by atoms with Crippen LogP contribution in [0.3, 0.4) is 0 Å². The zero-order valence-corrected chi connectivity index (χ0v) is 30.0. The van der Waals surface area contributed by atoms with Gasteiger partial charge in [-0.25, -0.2) is 4.98 Å². The Hall–Kier alpha value is -7.70. The van der Waals surface area contributed by atoms with E-state index in [1.165, 1.54) is 38.5 Å². The third kappa shape index (κ3) is 4.44. The van der Waals surface area contributed by atoms with Gasteiger partial charge in [0.25, 0.3) is 0 Å². The number of pyridine rings is 1. The first-order valence-electron chi connectivity index (χ1n) is 18.8. The highest BCUT2D eigenvalue weighted by atomic mass is 15.2. The Bertz CT molecular complexity index is 3340. The second-order valence-corrected chi connectivity index (χ2v) is 14.3. The first-order chi connectivity index (χ1) is 27.8. The molecule has 11 aromatic rings. The van der Waals surface area contributed by atoms with E-state index in [1.807, 2.05) is 30.5 Å². The van der Waals surface area contributed by atoms with E-state index in [-0.39, 0.29) is 0 Å². The topological polar surface area (TPSA) is 61.4 Å². The molecule has 0 N–H and O–H groups in total. The van der Waals surface area contributed by atoms with Crippen molar-refractivity contribution in [2.45, 2.75) is 0 Å².